The third kappa shape index (κ3) is 3.99. The summed E-state index contributed by atoms with van der Waals surface area (Å²) in [7, 11) is -3.65. The van der Waals surface area contributed by atoms with E-state index in [4.69, 9.17) is 5.11 Å². The Morgan fingerprint density at radius 3 is 2.52 bits per heavy atom. The van der Waals surface area contributed by atoms with Crippen LogP contribution in [0.4, 0.5) is 0 Å². The molecule has 1 heterocycles. The summed E-state index contributed by atoms with van der Waals surface area (Å²) in [5.41, 5.74) is 0.959. The van der Waals surface area contributed by atoms with Crippen molar-refractivity contribution in [1.82, 2.24) is 4.72 Å². The van der Waals surface area contributed by atoms with Crippen LogP contribution >= 0.6 is 11.3 Å². The summed E-state index contributed by atoms with van der Waals surface area (Å²) in [6, 6.07) is 12.4. The van der Waals surface area contributed by atoms with Crippen LogP contribution < -0.4 is 4.72 Å². The van der Waals surface area contributed by atoms with E-state index < -0.39 is 16.0 Å². The molecule has 122 valence electrons. The fourth-order valence-electron chi connectivity index (χ4n) is 2.50. The zero-order valence-electron chi connectivity index (χ0n) is 12.3. The smallest absolute Gasteiger partial charge is 0.308 e. The Morgan fingerprint density at radius 2 is 1.91 bits per heavy atom. The topological polar surface area (TPSA) is 83.5 Å². The van der Waals surface area contributed by atoms with Crippen LogP contribution in [-0.4, -0.2) is 19.5 Å². The van der Waals surface area contributed by atoms with E-state index in [2.05, 4.69) is 4.72 Å². The molecular weight excluding hydrogens is 334 g/mol. The van der Waals surface area contributed by atoms with Crippen LogP contribution in [0.3, 0.4) is 0 Å². The summed E-state index contributed by atoms with van der Waals surface area (Å²) in [5, 5.41) is 8.80. The predicted molar refractivity (Wildman–Crippen MR) is 87.9 cm³/mol. The second-order valence-corrected chi connectivity index (χ2v) is 8.75. The Bertz CT molecular complexity index is 794. The summed E-state index contributed by atoms with van der Waals surface area (Å²) in [5.74, 6) is -0.644. The molecule has 1 aliphatic carbocycles. The van der Waals surface area contributed by atoms with Crippen molar-refractivity contribution in [2.24, 2.45) is 5.92 Å². The molecule has 0 spiro atoms. The van der Waals surface area contributed by atoms with E-state index in [1.54, 1.807) is 6.07 Å². The van der Waals surface area contributed by atoms with Crippen molar-refractivity contribution in [3.05, 3.63) is 52.9 Å². The molecule has 1 aromatic heterocycles. The van der Waals surface area contributed by atoms with Gasteiger partial charge in [-0.3, -0.25) is 4.79 Å². The molecule has 3 rings (SSSR count). The van der Waals surface area contributed by atoms with Gasteiger partial charge in [0.15, 0.2) is 0 Å². The first kappa shape index (κ1) is 16.2. The first-order valence-corrected chi connectivity index (χ1v) is 9.63. The number of hydrogen-bond acceptors (Lipinski definition) is 4. The lowest BCUT2D eigenvalue weighted by atomic mass is 10.0. The SMILES string of the molecule is O=C(O)Cc1ccc(S(=O)(=O)NC(c2ccccc2)C2CC2)s1. The number of carboxylic acid groups (broad SMARTS) is 1. The van der Waals surface area contributed by atoms with Crippen LogP contribution in [0.1, 0.15) is 29.3 Å². The number of thiophene rings is 1. The molecule has 0 bridgehead atoms. The summed E-state index contributed by atoms with van der Waals surface area (Å²) < 4.78 is 28.2. The molecule has 0 saturated heterocycles. The minimum atomic E-state index is -3.65. The Morgan fingerprint density at radius 1 is 1.22 bits per heavy atom. The van der Waals surface area contributed by atoms with Crippen molar-refractivity contribution in [3.63, 3.8) is 0 Å². The number of hydrogen-bond donors (Lipinski definition) is 2. The second-order valence-electron chi connectivity index (χ2n) is 5.64. The molecule has 1 atom stereocenters. The normalized spacial score (nSPS) is 16.2. The summed E-state index contributed by atoms with van der Waals surface area (Å²) in [6.45, 7) is 0. The van der Waals surface area contributed by atoms with Crippen molar-refractivity contribution >= 4 is 27.3 Å². The summed E-state index contributed by atoms with van der Waals surface area (Å²) >= 11 is 1.01. The molecule has 1 aromatic carbocycles. The molecule has 7 heteroatoms. The molecule has 1 fully saturated rings. The number of carbonyl (C=O) groups is 1. The maximum atomic E-state index is 12.6. The van der Waals surface area contributed by atoms with E-state index in [1.165, 1.54) is 6.07 Å². The van der Waals surface area contributed by atoms with Crippen molar-refractivity contribution in [2.45, 2.75) is 29.5 Å². The number of sulfonamides is 1. The molecule has 1 saturated carbocycles. The van der Waals surface area contributed by atoms with E-state index >= 15 is 0 Å². The van der Waals surface area contributed by atoms with Crippen molar-refractivity contribution in [2.75, 3.05) is 0 Å². The highest BCUT2D eigenvalue weighted by Gasteiger charge is 2.35. The van der Waals surface area contributed by atoms with Gasteiger partial charge in [0.2, 0.25) is 0 Å². The van der Waals surface area contributed by atoms with E-state index in [0.29, 0.717) is 10.8 Å². The lowest BCUT2D eigenvalue weighted by molar-refractivity contribution is -0.136. The van der Waals surface area contributed by atoms with Gasteiger partial charge in [-0.05, 0) is 36.5 Å². The van der Waals surface area contributed by atoms with Crippen LogP contribution in [0, 0.1) is 5.92 Å². The zero-order valence-corrected chi connectivity index (χ0v) is 13.9. The number of carboxylic acids is 1. The van der Waals surface area contributed by atoms with Gasteiger partial charge in [-0.15, -0.1) is 11.3 Å². The second kappa shape index (κ2) is 6.43. The average molecular weight is 351 g/mol. The standard InChI is InChI=1S/C16H17NO4S2/c18-14(19)10-13-8-9-15(22-13)23(20,21)17-16(12-6-7-12)11-4-2-1-3-5-11/h1-5,8-9,12,16-17H,6-7,10H2,(H,18,19). The molecular formula is C16H17NO4S2. The molecule has 1 aliphatic rings. The van der Waals surface area contributed by atoms with Gasteiger partial charge >= 0.3 is 5.97 Å². The number of nitrogens with one attached hydrogen (secondary N) is 1. The van der Waals surface area contributed by atoms with Gasteiger partial charge in [0.05, 0.1) is 6.42 Å². The van der Waals surface area contributed by atoms with Crippen LogP contribution in [0.15, 0.2) is 46.7 Å². The molecule has 0 amide bonds. The molecule has 5 nitrogen and oxygen atoms in total. The zero-order chi connectivity index (χ0) is 16.4. The van der Waals surface area contributed by atoms with Gasteiger partial charge in [-0.1, -0.05) is 30.3 Å². The molecule has 0 radical (unpaired) electrons. The first-order chi connectivity index (χ1) is 11.0. The lowest BCUT2D eigenvalue weighted by Gasteiger charge is -2.18. The first-order valence-electron chi connectivity index (χ1n) is 7.33. The van der Waals surface area contributed by atoms with E-state index in [-0.39, 0.29) is 16.7 Å². The fraction of sp³-hybridized carbons (Fsp3) is 0.312. The molecule has 2 N–H and O–H groups in total. The number of aliphatic carboxylic acids is 1. The van der Waals surface area contributed by atoms with Crippen LogP contribution in [0.25, 0.3) is 0 Å². The Hall–Kier alpha value is -1.70. The van der Waals surface area contributed by atoms with Crippen molar-refractivity contribution in [1.29, 1.82) is 0 Å². The third-order valence-corrected chi connectivity index (χ3v) is 6.78. The molecule has 0 aliphatic heterocycles. The maximum Gasteiger partial charge on any atom is 0.308 e. The minimum absolute atomic E-state index is 0.162. The minimum Gasteiger partial charge on any atom is -0.481 e. The Labute approximate surface area is 139 Å². The lowest BCUT2D eigenvalue weighted by Crippen LogP contribution is -2.29. The number of benzene rings is 1. The Balaban J connectivity index is 1.81. The van der Waals surface area contributed by atoms with E-state index in [0.717, 1.165) is 29.7 Å². The Kier molecular flexibility index (Phi) is 4.52. The van der Waals surface area contributed by atoms with Crippen molar-refractivity contribution < 1.29 is 18.3 Å². The van der Waals surface area contributed by atoms with E-state index in [9.17, 15) is 13.2 Å². The van der Waals surface area contributed by atoms with Gasteiger partial charge in [0.25, 0.3) is 10.0 Å². The molecule has 23 heavy (non-hydrogen) atoms. The monoisotopic (exact) mass is 351 g/mol. The quantitative estimate of drug-likeness (QED) is 0.803. The summed E-state index contributed by atoms with van der Waals surface area (Å²) in [6.07, 6.45) is 1.86. The fourth-order valence-corrected chi connectivity index (χ4v) is 5.16. The van der Waals surface area contributed by atoms with Gasteiger partial charge in [0.1, 0.15) is 4.21 Å². The highest BCUT2D eigenvalue weighted by Crippen LogP contribution is 2.42. The van der Waals surface area contributed by atoms with Crippen molar-refractivity contribution in [3.8, 4) is 0 Å². The maximum absolute atomic E-state index is 12.6. The van der Waals surface area contributed by atoms with Gasteiger partial charge in [-0.25, -0.2) is 13.1 Å². The highest BCUT2D eigenvalue weighted by atomic mass is 32.2. The summed E-state index contributed by atoms with van der Waals surface area (Å²) in [4.78, 5) is 11.3. The largest absolute Gasteiger partial charge is 0.481 e. The van der Waals surface area contributed by atoms with Crippen LogP contribution in [0.2, 0.25) is 0 Å². The predicted octanol–water partition coefficient (Wildman–Crippen LogP) is 2.80. The molecule has 2 aromatic rings. The van der Waals surface area contributed by atoms with Gasteiger partial charge in [-0.2, -0.15) is 0 Å². The van der Waals surface area contributed by atoms with Gasteiger partial charge in [0, 0.05) is 10.9 Å². The van der Waals surface area contributed by atoms with E-state index in [1.807, 2.05) is 30.3 Å². The average Bonchev–Trinajstić information content (AvgIpc) is 3.24. The molecule has 1 unspecified atom stereocenters. The van der Waals surface area contributed by atoms with Crippen LogP contribution in [0.5, 0.6) is 0 Å². The van der Waals surface area contributed by atoms with Crippen LogP contribution in [-0.2, 0) is 21.2 Å². The number of rotatable bonds is 7. The van der Waals surface area contributed by atoms with Gasteiger partial charge < -0.3 is 5.11 Å². The third-order valence-electron chi connectivity index (χ3n) is 3.76. The highest BCUT2D eigenvalue weighted by molar-refractivity contribution is 7.91.